The van der Waals surface area contributed by atoms with Crippen LogP contribution in [0.1, 0.15) is 5.56 Å². The van der Waals surface area contributed by atoms with Gasteiger partial charge in [0.15, 0.2) is 0 Å². The summed E-state index contributed by atoms with van der Waals surface area (Å²) in [6.45, 7) is 1.73. The van der Waals surface area contributed by atoms with Crippen molar-refractivity contribution in [1.29, 1.82) is 0 Å². The van der Waals surface area contributed by atoms with Gasteiger partial charge in [-0.25, -0.2) is 4.79 Å². The van der Waals surface area contributed by atoms with Gasteiger partial charge in [-0.2, -0.15) is 0 Å². The molecule has 156 valence electrons. The zero-order chi connectivity index (χ0) is 21.0. The lowest BCUT2D eigenvalue weighted by Crippen LogP contribution is -2.56. The van der Waals surface area contributed by atoms with Crippen LogP contribution < -0.4 is 16.0 Å². The molecule has 0 radical (unpaired) electrons. The molecule has 0 bridgehead atoms. The van der Waals surface area contributed by atoms with E-state index in [0.717, 1.165) is 16.9 Å². The fraction of sp³-hybridized carbons (Fsp3) is 0.350. The maximum absolute atomic E-state index is 11.3. The molecular formula is C20H24Cl2N4O3. The second-order valence-corrected chi connectivity index (χ2v) is 7.79. The lowest BCUT2D eigenvalue weighted by molar-refractivity contribution is 0.0910. The van der Waals surface area contributed by atoms with Gasteiger partial charge in [0, 0.05) is 41.9 Å². The molecule has 1 saturated heterocycles. The molecular weight excluding hydrogens is 415 g/mol. The number of nitrogens with zero attached hydrogens (tertiary/aromatic N) is 2. The number of benzene rings is 2. The fourth-order valence-electron chi connectivity index (χ4n) is 3.45. The molecule has 0 aromatic heterocycles. The summed E-state index contributed by atoms with van der Waals surface area (Å²) >= 11 is 12.2. The number of rotatable bonds is 6. The number of aliphatic hydroxyl groups excluding tert-OH is 1. The highest BCUT2D eigenvalue weighted by atomic mass is 35.5. The van der Waals surface area contributed by atoms with Crippen LogP contribution in [0.4, 0.5) is 21.9 Å². The minimum Gasteiger partial charge on any atom is -0.465 e. The molecule has 1 heterocycles. The van der Waals surface area contributed by atoms with Crippen molar-refractivity contribution >= 4 is 46.4 Å². The van der Waals surface area contributed by atoms with E-state index in [1.165, 1.54) is 4.90 Å². The van der Waals surface area contributed by atoms with Gasteiger partial charge in [-0.15, -0.1) is 0 Å². The monoisotopic (exact) mass is 438 g/mol. The van der Waals surface area contributed by atoms with Gasteiger partial charge in [0.2, 0.25) is 0 Å². The molecule has 2 aromatic carbocycles. The molecule has 0 aliphatic carbocycles. The number of hydrogen-bond acceptors (Lipinski definition) is 5. The summed E-state index contributed by atoms with van der Waals surface area (Å²) in [4.78, 5) is 14.6. The number of amides is 1. The average Bonchev–Trinajstić information content (AvgIpc) is 2.70. The quantitative estimate of drug-likeness (QED) is 0.515. The van der Waals surface area contributed by atoms with Gasteiger partial charge >= 0.3 is 6.09 Å². The van der Waals surface area contributed by atoms with Gasteiger partial charge in [0.25, 0.3) is 0 Å². The van der Waals surface area contributed by atoms with Gasteiger partial charge in [-0.05, 0) is 42.3 Å². The van der Waals surface area contributed by atoms with Crippen LogP contribution in [-0.2, 0) is 6.42 Å². The Morgan fingerprint density at radius 2 is 2.00 bits per heavy atom. The van der Waals surface area contributed by atoms with Crippen molar-refractivity contribution in [3.63, 3.8) is 0 Å². The highest BCUT2D eigenvalue weighted by molar-refractivity contribution is 6.35. The standard InChI is InChI=1S/C20H24Cl2N4O3/c21-14-2-1-13(17(22)9-14)5-6-24-19-10-15(3-4-18(19)23)25-7-8-26(20(28)29)16(11-25)12-27/h1-4,9-10,16,24,27H,5-8,11-12,23H2,(H,28,29). The molecule has 3 rings (SSSR count). The number of nitrogens with two attached hydrogens (primary N) is 1. The zero-order valence-corrected chi connectivity index (χ0v) is 17.3. The Morgan fingerprint density at radius 3 is 2.69 bits per heavy atom. The third-order valence-electron chi connectivity index (χ3n) is 5.07. The molecule has 2 aromatic rings. The van der Waals surface area contributed by atoms with Gasteiger partial charge in [-0.3, -0.25) is 4.90 Å². The van der Waals surface area contributed by atoms with Crippen molar-refractivity contribution in [2.45, 2.75) is 12.5 Å². The second-order valence-electron chi connectivity index (χ2n) is 6.94. The van der Waals surface area contributed by atoms with Crippen LogP contribution in [-0.4, -0.2) is 60.0 Å². The first-order chi connectivity index (χ1) is 13.9. The molecule has 1 atom stereocenters. The van der Waals surface area contributed by atoms with E-state index in [0.29, 0.717) is 48.3 Å². The number of nitrogen functional groups attached to an aromatic ring is 1. The summed E-state index contributed by atoms with van der Waals surface area (Å²) in [6, 6.07) is 10.7. The lowest BCUT2D eigenvalue weighted by atomic mass is 10.1. The molecule has 0 saturated carbocycles. The summed E-state index contributed by atoms with van der Waals surface area (Å²) in [6.07, 6.45) is -0.298. The highest BCUT2D eigenvalue weighted by Gasteiger charge is 2.30. The molecule has 9 heteroatoms. The average molecular weight is 439 g/mol. The van der Waals surface area contributed by atoms with Crippen molar-refractivity contribution < 1.29 is 15.0 Å². The summed E-state index contributed by atoms with van der Waals surface area (Å²) < 4.78 is 0. The van der Waals surface area contributed by atoms with Gasteiger partial charge < -0.3 is 26.2 Å². The van der Waals surface area contributed by atoms with Gasteiger partial charge in [0.05, 0.1) is 24.0 Å². The van der Waals surface area contributed by atoms with Crippen LogP contribution in [0.2, 0.25) is 10.0 Å². The Kier molecular flexibility index (Phi) is 6.95. The predicted molar refractivity (Wildman–Crippen MR) is 117 cm³/mol. The Morgan fingerprint density at radius 1 is 1.21 bits per heavy atom. The van der Waals surface area contributed by atoms with Crippen LogP contribution >= 0.6 is 23.2 Å². The van der Waals surface area contributed by atoms with Crippen molar-refractivity contribution in [3.8, 4) is 0 Å². The van der Waals surface area contributed by atoms with E-state index in [4.69, 9.17) is 28.9 Å². The van der Waals surface area contributed by atoms with E-state index < -0.39 is 12.1 Å². The third kappa shape index (κ3) is 5.18. The Bertz CT molecular complexity index is 881. The Labute approximate surface area is 179 Å². The number of carbonyl (C=O) groups is 1. The predicted octanol–water partition coefficient (Wildman–Crippen LogP) is 3.39. The topological polar surface area (TPSA) is 102 Å². The van der Waals surface area contributed by atoms with Crippen LogP contribution in [0.15, 0.2) is 36.4 Å². The molecule has 7 nitrogen and oxygen atoms in total. The summed E-state index contributed by atoms with van der Waals surface area (Å²) in [5.41, 5.74) is 9.46. The largest absolute Gasteiger partial charge is 0.465 e. The minimum atomic E-state index is -1.01. The number of aliphatic hydroxyl groups is 1. The molecule has 1 fully saturated rings. The smallest absolute Gasteiger partial charge is 0.407 e. The second kappa shape index (κ2) is 9.43. The van der Waals surface area contributed by atoms with Crippen LogP contribution in [0.5, 0.6) is 0 Å². The minimum absolute atomic E-state index is 0.218. The first-order valence-corrected chi connectivity index (χ1v) is 10.1. The molecule has 1 amide bonds. The van der Waals surface area contributed by atoms with Crippen LogP contribution in [0.25, 0.3) is 0 Å². The Balaban J connectivity index is 1.66. The molecule has 29 heavy (non-hydrogen) atoms. The number of carboxylic acid groups (broad SMARTS) is 1. The van der Waals surface area contributed by atoms with Crippen molar-refractivity contribution in [1.82, 2.24) is 4.90 Å². The number of halogens is 2. The highest BCUT2D eigenvalue weighted by Crippen LogP contribution is 2.28. The SMILES string of the molecule is Nc1ccc(N2CCN(C(=O)O)C(CO)C2)cc1NCCc1ccc(Cl)cc1Cl. The van der Waals surface area contributed by atoms with Gasteiger partial charge in [0.1, 0.15) is 0 Å². The van der Waals surface area contributed by atoms with Crippen LogP contribution in [0, 0.1) is 0 Å². The molecule has 0 spiro atoms. The summed E-state index contributed by atoms with van der Waals surface area (Å²) in [5.74, 6) is 0. The number of nitrogens with one attached hydrogen (secondary N) is 1. The summed E-state index contributed by atoms with van der Waals surface area (Å²) in [7, 11) is 0. The first kappa shape index (κ1) is 21.4. The first-order valence-electron chi connectivity index (χ1n) is 9.31. The zero-order valence-electron chi connectivity index (χ0n) is 15.8. The maximum atomic E-state index is 11.3. The van der Waals surface area contributed by atoms with E-state index in [9.17, 15) is 15.0 Å². The van der Waals surface area contributed by atoms with E-state index in [-0.39, 0.29) is 6.61 Å². The number of piperazine rings is 1. The van der Waals surface area contributed by atoms with Crippen molar-refractivity contribution in [2.75, 3.05) is 48.7 Å². The molecule has 5 N–H and O–H groups in total. The normalized spacial score (nSPS) is 16.7. The Hall–Kier alpha value is -2.35. The van der Waals surface area contributed by atoms with E-state index in [1.807, 2.05) is 30.3 Å². The fourth-order valence-corrected chi connectivity index (χ4v) is 3.95. The summed E-state index contributed by atoms with van der Waals surface area (Å²) in [5, 5.41) is 23.4. The van der Waals surface area contributed by atoms with E-state index >= 15 is 0 Å². The van der Waals surface area contributed by atoms with E-state index in [2.05, 4.69) is 10.2 Å². The molecule has 1 aliphatic rings. The van der Waals surface area contributed by atoms with Gasteiger partial charge in [-0.1, -0.05) is 29.3 Å². The number of hydrogen-bond donors (Lipinski definition) is 4. The van der Waals surface area contributed by atoms with Crippen molar-refractivity contribution in [3.05, 3.63) is 52.0 Å². The van der Waals surface area contributed by atoms with Crippen molar-refractivity contribution in [2.24, 2.45) is 0 Å². The lowest BCUT2D eigenvalue weighted by Gasteiger charge is -2.40. The molecule has 1 aliphatic heterocycles. The molecule has 1 unspecified atom stereocenters. The third-order valence-corrected chi connectivity index (χ3v) is 5.65. The van der Waals surface area contributed by atoms with Crippen LogP contribution in [0.3, 0.4) is 0 Å². The van der Waals surface area contributed by atoms with E-state index in [1.54, 1.807) is 6.07 Å². The number of anilines is 3. The maximum Gasteiger partial charge on any atom is 0.407 e.